The van der Waals surface area contributed by atoms with Crippen molar-refractivity contribution in [3.63, 3.8) is 0 Å². The van der Waals surface area contributed by atoms with Crippen molar-refractivity contribution in [3.05, 3.63) is 35.7 Å². The highest BCUT2D eigenvalue weighted by Gasteiger charge is 2.29. The molecule has 0 aliphatic carbocycles. The maximum Gasteiger partial charge on any atom is 0.294 e. The molecule has 30 heavy (non-hydrogen) atoms. The third kappa shape index (κ3) is 4.60. The van der Waals surface area contributed by atoms with Crippen LogP contribution in [-0.2, 0) is 4.74 Å². The van der Waals surface area contributed by atoms with E-state index in [1.807, 2.05) is 0 Å². The van der Waals surface area contributed by atoms with E-state index in [4.69, 9.17) is 18.7 Å². The fourth-order valence-electron chi connectivity index (χ4n) is 4.28. The molecule has 8 nitrogen and oxygen atoms in total. The lowest BCUT2D eigenvalue weighted by atomic mass is 9.91. The molecule has 4 rings (SSSR count). The van der Waals surface area contributed by atoms with Crippen molar-refractivity contribution >= 4 is 11.6 Å². The van der Waals surface area contributed by atoms with Crippen LogP contribution < -0.4 is 14.8 Å². The third-order valence-electron chi connectivity index (χ3n) is 6.06. The van der Waals surface area contributed by atoms with Gasteiger partial charge in [0.1, 0.15) is 11.5 Å². The number of carbonyl (C=O) groups excluding carboxylic acids is 1. The fraction of sp³-hybridized carbons (Fsp3) is 0.545. The number of ether oxygens (including phenoxy) is 3. The number of aromatic nitrogens is 1. The maximum absolute atomic E-state index is 12.6. The number of amides is 1. The lowest BCUT2D eigenvalue weighted by Gasteiger charge is -2.38. The molecule has 0 radical (unpaired) electrons. The fourth-order valence-corrected chi connectivity index (χ4v) is 4.28. The van der Waals surface area contributed by atoms with Crippen LogP contribution in [0.1, 0.15) is 47.8 Å². The van der Waals surface area contributed by atoms with Crippen LogP contribution in [0.15, 0.2) is 28.8 Å². The average Bonchev–Trinajstić information content (AvgIpc) is 3.30. The number of likely N-dealkylation sites (tertiary alicyclic amines) is 1. The molecule has 0 unspecified atom stereocenters. The van der Waals surface area contributed by atoms with E-state index in [0.717, 1.165) is 57.7 Å². The van der Waals surface area contributed by atoms with Crippen LogP contribution in [0.25, 0.3) is 0 Å². The van der Waals surface area contributed by atoms with Crippen molar-refractivity contribution < 1.29 is 23.5 Å². The maximum atomic E-state index is 12.6. The second kappa shape index (κ2) is 9.49. The summed E-state index contributed by atoms with van der Waals surface area (Å²) >= 11 is 0. The molecule has 8 heteroatoms. The summed E-state index contributed by atoms with van der Waals surface area (Å²) in [5, 5.41) is 7.01. The van der Waals surface area contributed by atoms with Crippen molar-refractivity contribution in [2.24, 2.45) is 0 Å². The molecular formula is C22H29N3O5. The van der Waals surface area contributed by atoms with Crippen LogP contribution in [0.4, 0.5) is 5.69 Å². The molecule has 162 valence electrons. The lowest BCUT2D eigenvalue weighted by Crippen LogP contribution is -2.43. The standard InChI is InChI=1S/C22H29N3O5/c1-27-17-3-4-18(20(13-17)28-2)23-22(26)21-14-19(24-30-21)15-5-9-25(10-6-15)16-7-11-29-12-8-16/h3-4,13-16H,5-12H2,1-2H3,(H,23,26). The Morgan fingerprint density at radius 2 is 1.87 bits per heavy atom. The van der Waals surface area contributed by atoms with Gasteiger partial charge in [0, 0.05) is 37.3 Å². The van der Waals surface area contributed by atoms with Gasteiger partial charge < -0.3 is 29.0 Å². The number of rotatable bonds is 6. The van der Waals surface area contributed by atoms with Gasteiger partial charge in [0.15, 0.2) is 0 Å². The summed E-state index contributed by atoms with van der Waals surface area (Å²) in [5.41, 5.74) is 1.40. The number of anilines is 1. The molecule has 0 bridgehead atoms. The molecule has 1 amide bonds. The van der Waals surface area contributed by atoms with Gasteiger partial charge in [-0.05, 0) is 50.9 Å². The Morgan fingerprint density at radius 3 is 2.57 bits per heavy atom. The Balaban J connectivity index is 1.35. The normalized spacial score (nSPS) is 18.9. The first kappa shape index (κ1) is 20.7. The molecule has 3 heterocycles. The average molecular weight is 415 g/mol. The molecule has 0 saturated carbocycles. The Bertz CT molecular complexity index is 854. The Kier molecular flexibility index (Phi) is 6.54. The van der Waals surface area contributed by atoms with Gasteiger partial charge in [-0.25, -0.2) is 0 Å². The largest absolute Gasteiger partial charge is 0.497 e. The first-order chi connectivity index (χ1) is 14.7. The highest BCUT2D eigenvalue weighted by atomic mass is 16.5. The van der Waals surface area contributed by atoms with Gasteiger partial charge in [-0.3, -0.25) is 4.79 Å². The molecule has 2 aliphatic rings. The van der Waals surface area contributed by atoms with Crippen LogP contribution in [-0.4, -0.2) is 62.5 Å². The summed E-state index contributed by atoms with van der Waals surface area (Å²) in [7, 11) is 3.13. The van der Waals surface area contributed by atoms with E-state index in [-0.39, 0.29) is 11.7 Å². The van der Waals surface area contributed by atoms with Crippen molar-refractivity contribution in [2.45, 2.75) is 37.6 Å². The SMILES string of the molecule is COc1ccc(NC(=O)c2cc(C3CCN(C4CCOCC4)CC3)no2)c(OC)c1. The zero-order valence-corrected chi connectivity index (χ0v) is 17.6. The van der Waals surface area contributed by atoms with Gasteiger partial charge in [0.2, 0.25) is 5.76 Å². The van der Waals surface area contributed by atoms with Gasteiger partial charge in [-0.2, -0.15) is 0 Å². The van der Waals surface area contributed by atoms with E-state index in [1.165, 1.54) is 0 Å². The lowest BCUT2D eigenvalue weighted by molar-refractivity contribution is 0.0249. The number of piperidine rings is 1. The van der Waals surface area contributed by atoms with Gasteiger partial charge in [-0.15, -0.1) is 0 Å². The molecule has 1 aromatic carbocycles. The second-order valence-corrected chi connectivity index (χ2v) is 7.79. The van der Waals surface area contributed by atoms with E-state index >= 15 is 0 Å². The number of nitrogens with one attached hydrogen (secondary N) is 1. The Labute approximate surface area is 176 Å². The summed E-state index contributed by atoms with van der Waals surface area (Å²) in [4.78, 5) is 15.2. The molecule has 2 saturated heterocycles. The van der Waals surface area contributed by atoms with E-state index in [9.17, 15) is 4.79 Å². The van der Waals surface area contributed by atoms with Crippen LogP contribution in [0.2, 0.25) is 0 Å². The summed E-state index contributed by atoms with van der Waals surface area (Å²) in [6, 6.07) is 7.61. The van der Waals surface area contributed by atoms with E-state index in [2.05, 4.69) is 15.4 Å². The first-order valence-electron chi connectivity index (χ1n) is 10.5. The predicted octanol–water partition coefficient (Wildman–Crippen LogP) is 3.30. The zero-order valence-electron chi connectivity index (χ0n) is 17.6. The smallest absolute Gasteiger partial charge is 0.294 e. The molecule has 1 N–H and O–H groups in total. The number of nitrogens with zero attached hydrogens (tertiary/aromatic N) is 2. The quantitative estimate of drug-likeness (QED) is 0.775. The van der Waals surface area contributed by atoms with E-state index in [1.54, 1.807) is 38.5 Å². The summed E-state index contributed by atoms with van der Waals surface area (Å²) in [5.74, 6) is 1.34. The van der Waals surface area contributed by atoms with Gasteiger partial charge in [-0.1, -0.05) is 5.16 Å². The van der Waals surface area contributed by atoms with Crippen LogP contribution in [0, 0.1) is 0 Å². The number of hydrogen-bond acceptors (Lipinski definition) is 7. The molecular weight excluding hydrogens is 386 g/mol. The van der Waals surface area contributed by atoms with Crippen LogP contribution in [0.3, 0.4) is 0 Å². The van der Waals surface area contributed by atoms with E-state index < -0.39 is 0 Å². The Morgan fingerprint density at radius 1 is 1.10 bits per heavy atom. The predicted molar refractivity (Wildman–Crippen MR) is 111 cm³/mol. The molecule has 0 atom stereocenters. The minimum absolute atomic E-state index is 0.203. The minimum Gasteiger partial charge on any atom is -0.497 e. The van der Waals surface area contributed by atoms with Gasteiger partial charge >= 0.3 is 0 Å². The third-order valence-corrected chi connectivity index (χ3v) is 6.06. The van der Waals surface area contributed by atoms with E-state index in [0.29, 0.717) is 29.1 Å². The monoisotopic (exact) mass is 415 g/mol. The second-order valence-electron chi connectivity index (χ2n) is 7.79. The number of benzene rings is 1. The summed E-state index contributed by atoms with van der Waals surface area (Å²) < 4.78 is 21.3. The van der Waals surface area contributed by atoms with Crippen molar-refractivity contribution in [3.8, 4) is 11.5 Å². The molecule has 2 aliphatic heterocycles. The first-order valence-corrected chi connectivity index (χ1v) is 10.5. The number of carbonyl (C=O) groups is 1. The van der Waals surface area contributed by atoms with Crippen molar-refractivity contribution in [1.82, 2.24) is 10.1 Å². The molecule has 0 spiro atoms. The molecule has 2 aromatic rings. The van der Waals surface area contributed by atoms with Gasteiger partial charge in [0.25, 0.3) is 5.91 Å². The minimum atomic E-state index is -0.350. The highest BCUT2D eigenvalue weighted by molar-refractivity contribution is 6.03. The van der Waals surface area contributed by atoms with Crippen LogP contribution >= 0.6 is 0 Å². The highest BCUT2D eigenvalue weighted by Crippen LogP contribution is 2.32. The topological polar surface area (TPSA) is 86.1 Å². The molecule has 1 aromatic heterocycles. The van der Waals surface area contributed by atoms with Gasteiger partial charge in [0.05, 0.1) is 25.6 Å². The number of hydrogen-bond donors (Lipinski definition) is 1. The number of methoxy groups -OCH3 is 2. The summed E-state index contributed by atoms with van der Waals surface area (Å²) in [6.45, 7) is 3.83. The van der Waals surface area contributed by atoms with Crippen molar-refractivity contribution in [2.75, 3.05) is 45.8 Å². The van der Waals surface area contributed by atoms with Crippen molar-refractivity contribution in [1.29, 1.82) is 0 Å². The Hall–Kier alpha value is -2.58. The van der Waals surface area contributed by atoms with Crippen LogP contribution in [0.5, 0.6) is 11.5 Å². The molecule has 2 fully saturated rings. The summed E-state index contributed by atoms with van der Waals surface area (Å²) in [6.07, 6.45) is 4.29. The zero-order chi connectivity index (χ0) is 20.9.